The molecule has 0 spiro atoms. The third-order valence-corrected chi connectivity index (χ3v) is 9.12. The number of aromatic nitrogens is 8. The second-order valence-corrected chi connectivity index (χ2v) is 13.8. The van der Waals surface area contributed by atoms with Crippen molar-refractivity contribution in [3.63, 3.8) is 0 Å². The van der Waals surface area contributed by atoms with Crippen molar-refractivity contribution in [2.75, 3.05) is 25.0 Å². The third kappa shape index (κ3) is 10.4. The average molecular weight is 815 g/mol. The Bertz CT molecular complexity index is 2470. The van der Waals surface area contributed by atoms with Crippen LogP contribution in [0.15, 0.2) is 90.2 Å². The van der Waals surface area contributed by atoms with E-state index in [0.717, 1.165) is 5.56 Å². The first-order valence-electron chi connectivity index (χ1n) is 17.2. The fourth-order valence-corrected chi connectivity index (χ4v) is 5.98. The molecule has 4 aromatic heterocycles. The quantitative estimate of drug-likeness (QED) is 0.0483. The SMILES string of the molecule is COc1ccccc1Oc1c(NS(=O)(=O)c2ccc(C(C)C)cn2)nc(-c2ccnc(-c3nn[nH]n3)c2)nc1OCCOC(=O)OCc1cccc(CO[N+](=O)[O-])c1. The maximum absolute atomic E-state index is 13.9. The number of ether oxygens (including phenoxy) is 5. The van der Waals surface area contributed by atoms with Crippen molar-refractivity contribution in [1.82, 2.24) is 40.6 Å². The molecule has 58 heavy (non-hydrogen) atoms. The van der Waals surface area contributed by atoms with Crippen molar-refractivity contribution in [2.45, 2.75) is 38.0 Å². The Morgan fingerprint density at radius 1 is 0.914 bits per heavy atom. The summed E-state index contributed by atoms with van der Waals surface area (Å²) in [4.78, 5) is 45.0. The van der Waals surface area contributed by atoms with E-state index in [1.165, 1.54) is 25.6 Å². The highest BCUT2D eigenvalue weighted by molar-refractivity contribution is 7.92. The first kappa shape index (κ1) is 40.2. The number of nitrogens with zero attached hydrogens (tertiary/aromatic N) is 8. The Labute approximate surface area is 329 Å². The molecular weight excluding hydrogens is 781 g/mol. The van der Waals surface area contributed by atoms with Gasteiger partial charge in [0.25, 0.3) is 21.0 Å². The lowest BCUT2D eigenvalue weighted by molar-refractivity contribution is -0.763. The van der Waals surface area contributed by atoms with Crippen LogP contribution in [0.4, 0.5) is 10.6 Å². The van der Waals surface area contributed by atoms with Crippen LogP contribution in [0.1, 0.15) is 36.5 Å². The number of rotatable bonds is 18. The molecule has 0 unspecified atom stereocenters. The second-order valence-electron chi connectivity index (χ2n) is 12.2. The van der Waals surface area contributed by atoms with Gasteiger partial charge < -0.3 is 28.5 Å². The highest BCUT2D eigenvalue weighted by Gasteiger charge is 2.27. The van der Waals surface area contributed by atoms with E-state index in [1.54, 1.807) is 66.7 Å². The summed E-state index contributed by atoms with van der Waals surface area (Å²) in [6.07, 6.45) is 1.88. The highest BCUT2D eigenvalue weighted by Crippen LogP contribution is 2.42. The van der Waals surface area contributed by atoms with E-state index in [1.807, 2.05) is 13.8 Å². The molecule has 0 aliphatic heterocycles. The number of hydrogen-bond donors (Lipinski definition) is 2. The summed E-state index contributed by atoms with van der Waals surface area (Å²) < 4.78 is 58.3. The molecule has 22 heteroatoms. The van der Waals surface area contributed by atoms with Gasteiger partial charge in [-0.15, -0.1) is 20.3 Å². The lowest BCUT2D eigenvalue weighted by Crippen LogP contribution is -2.18. The maximum atomic E-state index is 13.9. The van der Waals surface area contributed by atoms with Gasteiger partial charge in [-0.05, 0) is 58.2 Å². The molecule has 21 nitrogen and oxygen atoms in total. The minimum Gasteiger partial charge on any atom is -0.493 e. The van der Waals surface area contributed by atoms with E-state index >= 15 is 0 Å². The van der Waals surface area contributed by atoms with Crippen LogP contribution in [0.3, 0.4) is 0 Å². The van der Waals surface area contributed by atoms with Gasteiger partial charge in [-0.1, -0.05) is 56.3 Å². The smallest absolute Gasteiger partial charge is 0.493 e. The highest BCUT2D eigenvalue weighted by atomic mass is 32.2. The van der Waals surface area contributed by atoms with Gasteiger partial charge in [0.15, 0.2) is 28.2 Å². The second kappa shape index (κ2) is 18.4. The molecule has 0 aliphatic carbocycles. The molecule has 4 heterocycles. The van der Waals surface area contributed by atoms with Crippen LogP contribution in [0, 0.1) is 10.1 Å². The van der Waals surface area contributed by atoms with Gasteiger partial charge >= 0.3 is 6.16 Å². The van der Waals surface area contributed by atoms with Crippen LogP contribution >= 0.6 is 0 Å². The zero-order valence-electron chi connectivity index (χ0n) is 31.0. The van der Waals surface area contributed by atoms with E-state index in [0.29, 0.717) is 22.4 Å². The van der Waals surface area contributed by atoms with Crippen LogP contribution < -0.4 is 18.9 Å². The van der Waals surface area contributed by atoms with Gasteiger partial charge in [-0.2, -0.15) is 18.6 Å². The zero-order valence-corrected chi connectivity index (χ0v) is 31.8. The Kier molecular flexibility index (Phi) is 12.8. The van der Waals surface area contributed by atoms with Gasteiger partial charge in [0.2, 0.25) is 11.6 Å². The normalized spacial score (nSPS) is 11.1. The van der Waals surface area contributed by atoms with Gasteiger partial charge in [-0.3, -0.25) is 9.71 Å². The monoisotopic (exact) mass is 814 g/mol. The lowest BCUT2D eigenvalue weighted by atomic mass is 10.1. The van der Waals surface area contributed by atoms with Crippen LogP contribution in [0.5, 0.6) is 23.1 Å². The fourth-order valence-electron chi connectivity index (χ4n) is 5.05. The lowest BCUT2D eigenvalue weighted by Gasteiger charge is -2.18. The molecule has 6 rings (SSSR count). The molecule has 6 aromatic rings. The molecule has 0 amide bonds. The number of benzene rings is 2. The first-order valence-corrected chi connectivity index (χ1v) is 18.7. The molecule has 2 N–H and O–H groups in total. The molecule has 2 aromatic carbocycles. The molecular formula is C36H34N10O11S. The van der Waals surface area contributed by atoms with Crippen molar-refractivity contribution >= 4 is 22.0 Å². The number of sulfonamides is 1. The van der Waals surface area contributed by atoms with Gasteiger partial charge in [0.1, 0.15) is 32.1 Å². The Morgan fingerprint density at radius 2 is 1.71 bits per heavy atom. The first-order chi connectivity index (χ1) is 28.0. The van der Waals surface area contributed by atoms with Crippen molar-refractivity contribution in [1.29, 1.82) is 0 Å². The van der Waals surface area contributed by atoms with E-state index in [2.05, 4.69) is 50.1 Å². The summed E-state index contributed by atoms with van der Waals surface area (Å²) in [5.74, 6) is -0.195. The minimum absolute atomic E-state index is 0.0403. The number of para-hydroxylation sites is 2. The number of pyridine rings is 2. The predicted molar refractivity (Wildman–Crippen MR) is 200 cm³/mol. The summed E-state index contributed by atoms with van der Waals surface area (Å²) >= 11 is 0. The van der Waals surface area contributed by atoms with E-state index < -0.39 is 21.3 Å². The molecule has 0 fully saturated rings. The summed E-state index contributed by atoms with van der Waals surface area (Å²) in [6, 6.07) is 19.2. The average Bonchev–Trinajstić information content (AvgIpc) is 3.78. The van der Waals surface area contributed by atoms with E-state index in [9.17, 15) is 23.3 Å². The third-order valence-electron chi connectivity index (χ3n) is 7.87. The zero-order chi connectivity index (χ0) is 41.1. The van der Waals surface area contributed by atoms with Crippen LogP contribution in [0.2, 0.25) is 0 Å². The summed E-state index contributed by atoms with van der Waals surface area (Å²) in [5.41, 5.74) is 2.50. The molecule has 0 saturated heterocycles. The molecule has 0 bridgehead atoms. The van der Waals surface area contributed by atoms with Crippen molar-refractivity contribution < 1.29 is 46.8 Å². The van der Waals surface area contributed by atoms with Gasteiger partial charge in [0, 0.05) is 18.0 Å². The number of aromatic amines is 1. The Balaban J connectivity index is 1.30. The van der Waals surface area contributed by atoms with Crippen LogP contribution in [0.25, 0.3) is 22.9 Å². The molecule has 0 aliphatic rings. The van der Waals surface area contributed by atoms with Crippen molar-refractivity contribution in [3.05, 3.63) is 112 Å². The number of carbonyl (C=O) groups excluding carboxylic acids is 1. The number of carbonyl (C=O) groups is 1. The Morgan fingerprint density at radius 3 is 2.41 bits per heavy atom. The maximum Gasteiger partial charge on any atom is 0.508 e. The number of hydrogen-bond acceptors (Lipinski definition) is 18. The van der Waals surface area contributed by atoms with Crippen LogP contribution in [-0.2, 0) is 37.5 Å². The number of methoxy groups -OCH3 is 1. The molecule has 300 valence electrons. The van der Waals surface area contributed by atoms with E-state index in [-0.39, 0.29) is 78.0 Å². The summed E-state index contributed by atoms with van der Waals surface area (Å²) in [6.45, 7) is 2.75. The topological polar surface area (TPSA) is 268 Å². The number of tetrazole rings is 1. The van der Waals surface area contributed by atoms with Gasteiger partial charge in [0.05, 0.1) is 7.11 Å². The standard InChI is InChI=1S/C36H34N10O11S/c1-22(2)26-11-12-30(38-19-26)58(50,51)43-34-31(57-29-10-5-4-9-28(29)52-3)35(40-32(39-34)25-13-14-37-27(18-25)33-41-44-45-42-33)53-15-16-54-36(47)55-20-23-7-6-8-24(17-23)21-56-46(48)49/h4-14,17-19,22H,15-16,20-21H2,1-3H3,(H,39,40,43)(H,41,42,44,45). The summed E-state index contributed by atoms with van der Waals surface area (Å²) in [7, 11) is -2.98. The molecule has 0 radical (unpaired) electrons. The summed E-state index contributed by atoms with van der Waals surface area (Å²) in [5, 5.41) is 23.2. The number of H-pyrrole nitrogens is 1. The minimum atomic E-state index is -4.41. The number of anilines is 1. The molecule has 0 saturated carbocycles. The van der Waals surface area contributed by atoms with E-state index in [4.69, 9.17) is 23.7 Å². The van der Waals surface area contributed by atoms with Crippen molar-refractivity contribution in [2.24, 2.45) is 0 Å². The largest absolute Gasteiger partial charge is 0.508 e. The van der Waals surface area contributed by atoms with Crippen molar-refractivity contribution in [3.8, 4) is 46.0 Å². The van der Waals surface area contributed by atoms with Gasteiger partial charge in [-0.25, -0.2) is 14.8 Å². The fraction of sp³-hybridized carbons (Fsp3) is 0.222. The molecule has 0 atom stereocenters. The predicted octanol–water partition coefficient (Wildman–Crippen LogP) is 5.28. The Hall–Kier alpha value is -7.49. The number of nitrogens with one attached hydrogen (secondary N) is 2. The van der Waals surface area contributed by atoms with Crippen LogP contribution in [-0.4, -0.2) is 80.5 Å².